The normalized spacial score (nSPS) is 17.6. The molecule has 4 aliphatic rings. The summed E-state index contributed by atoms with van der Waals surface area (Å²) in [5, 5.41) is 0. The van der Waals surface area contributed by atoms with E-state index in [9.17, 15) is 0 Å². The first-order valence-corrected chi connectivity index (χ1v) is 37.4. The van der Waals surface area contributed by atoms with Gasteiger partial charge >= 0.3 is 0 Å². The number of hydrogen-bond donors (Lipinski definition) is 0. The van der Waals surface area contributed by atoms with Gasteiger partial charge in [-0.05, 0) is 271 Å². The highest BCUT2D eigenvalue weighted by molar-refractivity contribution is 5.92. The molecule has 0 fully saturated rings. The lowest BCUT2D eigenvalue weighted by atomic mass is 9.67. The maximum Gasteiger partial charge on any atom is 0.130 e. The number of rotatable bonds is 16. The summed E-state index contributed by atoms with van der Waals surface area (Å²) in [6.07, 6.45) is 4.98. The molecule has 14 aromatic carbocycles. The molecule has 0 aromatic heterocycles. The van der Waals surface area contributed by atoms with Gasteiger partial charge in [0, 0.05) is 62.8 Å². The van der Waals surface area contributed by atoms with Gasteiger partial charge < -0.3 is 19.3 Å². The van der Waals surface area contributed by atoms with Crippen molar-refractivity contribution < 1.29 is 35.8 Å². The molecule has 0 N–H and O–H groups in total. The number of fused-ring (bicyclic) bond motifs is 10. The van der Waals surface area contributed by atoms with Crippen molar-refractivity contribution in [3.05, 3.63) is 428 Å². The van der Waals surface area contributed by atoms with Crippen LogP contribution >= 0.6 is 0 Å². The second kappa shape index (κ2) is 26.3. The largest absolute Gasteiger partial charge is 0.457 e. The predicted octanol–water partition coefficient (Wildman–Crippen LogP) is 27.3. The van der Waals surface area contributed by atoms with Crippen molar-refractivity contribution >= 4 is 46.3 Å². The van der Waals surface area contributed by atoms with Crippen LogP contribution in [0.3, 0.4) is 0 Å². The number of benzene rings is 14. The second-order valence-corrected chi connectivity index (χ2v) is 31.3. The van der Waals surface area contributed by atoms with E-state index in [0.717, 1.165) is 114 Å². The Labute approximate surface area is 643 Å². The van der Waals surface area contributed by atoms with E-state index in [4.69, 9.17) is 9.47 Å². The molecule has 2 unspecified atom stereocenters. The summed E-state index contributed by atoms with van der Waals surface area (Å²) in [6.45, 7) is 20.5. The highest BCUT2D eigenvalue weighted by Crippen LogP contribution is 2.66. The number of halogens is 6. The zero-order chi connectivity index (χ0) is 76.6. The highest BCUT2D eigenvalue weighted by atomic mass is 19.2. The van der Waals surface area contributed by atoms with Crippen molar-refractivity contribution in [2.24, 2.45) is 0 Å². The fourth-order valence-electron chi connectivity index (χ4n) is 19.0. The van der Waals surface area contributed by atoms with Crippen LogP contribution < -0.4 is 19.3 Å². The van der Waals surface area contributed by atoms with E-state index in [2.05, 4.69) is 111 Å². The first-order valence-electron chi connectivity index (χ1n) is 37.4. The van der Waals surface area contributed by atoms with Gasteiger partial charge in [-0.1, -0.05) is 199 Å². The van der Waals surface area contributed by atoms with Crippen molar-refractivity contribution in [2.45, 2.75) is 81.5 Å². The van der Waals surface area contributed by atoms with Gasteiger partial charge in [0.25, 0.3) is 0 Å². The van der Waals surface area contributed by atoms with Gasteiger partial charge in [0.15, 0.2) is 0 Å². The molecule has 0 amide bonds. The topological polar surface area (TPSA) is 24.9 Å². The van der Waals surface area contributed by atoms with Crippen molar-refractivity contribution in [1.29, 1.82) is 0 Å². The van der Waals surface area contributed by atoms with E-state index in [1.807, 2.05) is 170 Å². The molecule has 111 heavy (non-hydrogen) atoms. The molecule has 0 heterocycles. The summed E-state index contributed by atoms with van der Waals surface area (Å²) in [7, 11) is 0. The van der Waals surface area contributed by atoms with Crippen LogP contribution in [0.4, 0.5) is 60.5 Å². The average Bonchev–Trinajstić information content (AvgIpc) is 1.54. The number of anilines is 6. The van der Waals surface area contributed by atoms with Crippen LogP contribution in [0.2, 0.25) is 0 Å². The van der Waals surface area contributed by atoms with Crippen molar-refractivity contribution in [3.63, 3.8) is 0 Å². The third-order valence-electron chi connectivity index (χ3n) is 23.8. The van der Waals surface area contributed by atoms with Crippen LogP contribution in [0.1, 0.15) is 130 Å². The summed E-state index contributed by atoms with van der Waals surface area (Å²) in [5.74, 6) is -1.28. The Morgan fingerprint density at radius 1 is 0.297 bits per heavy atom. The number of hydrogen-bond acceptors (Lipinski definition) is 4. The van der Waals surface area contributed by atoms with Crippen molar-refractivity contribution in [3.8, 4) is 45.3 Å². The lowest BCUT2D eigenvalue weighted by molar-refractivity contribution is 0.349. The lowest BCUT2D eigenvalue weighted by Crippen LogP contribution is -2.30. The van der Waals surface area contributed by atoms with Gasteiger partial charge in [-0.3, -0.25) is 0 Å². The van der Waals surface area contributed by atoms with Crippen molar-refractivity contribution in [1.82, 2.24) is 0 Å². The molecule has 4 nitrogen and oxygen atoms in total. The lowest BCUT2D eigenvalue weighted by Gasteiger charge is -2.35. The Morgan fingerprint density at radius 2 is 0.613 bits per heavy atom. The van der Waals surface area contributed by atoms with Gasteiger partial charge in [0.05, 0.1) is 10.8 Å². The zero-order valence-corrected chi connectivity index (χ0v) is 62.2. The summed E-state index contributed by atoms with van der Waals surface area (Å²) >= 11 is 0. The van der Waals surface area contributed by atoms with Gasteiger partial charge in [-0.25, -0.2) is 26.3 Å². The smallest absolute Gasteiger partial charge is 0.130 e. The highest BCUT2D eigenvalue weighted by Gasteiger charge is 2.57. The minimum Gasteiger partial charge on any atom is -0.457 e. The van der Waals surface area contributed by atoms with E-state index < -0.39 is 51.1 Å². The first kappa shape index (κ1) is 70.0. The minimum absolute atomic E-state index is 0.249. The van der Waals surface area contributed by atoms with Gasteiger partial charge in [0.2, 0.25) is 0 Å². The summed E-state index contributed by atoms with van der Waals surface area (Å²) in [4.78, 5) is 4.18. The number of ether oxygens (including phenoxy) is 2. The Morgan fingerprint density at radius 3 is 0.973 bits per heavy atom. The van der Waals surface area contributed by atoms with Crippen LogP contribution in [0, 0.1) is 48.8 Å². The first-order chi connectivity index (χ1) is 53.6. The van der Waals surface area contributed by atoms with Crippen molar-refractivity contribution in [2.75, 3.05) is 9.80 Å². The third kappa shape index (κ3) is 11.2. The summed E-state index contributed by atoms with van der Waals surface area (Å²) in [5.41, 5.74) is 15.7. The molecule has 1 spiro atoms. The minimum atomic E-state index is -1.36. The Bertz CT molecular complexity index is 5770. The maximum absolute atomic E-state index is 17.5. The molecule has 0 saturated carbocycles. The zero-order valence-electron chi connectivity index (χ0n) is 62.2. The summed E-state index contributed by atoms with van der Waals surface area (Å²) in [6, 6.07) is 90.3. The van der Waals surface area contributed by atoms with Crippen LogP contribution in [-0.4, -0.2) is 0 Å². The predicted molar refractivity (Wildman–Crippen MR) is 435 cm³/mol. The Kier molecular flexibility index (Phi) is 16.6. The number of aryl methyl sites for hydroxylation is 2. The molecule has 0 radical (unpaired) electrons. The molecule has 4 aliphatic carbocycles. The summed E-state index contributed by atoms with van der Waals surface area (Å²) < 4.78 is 112. The van der Waals surface area contributed by atoms with Gasteiger partial charge in [-0.2, -0.15) is 0 Å². The fourth-order valence-corrected chi connectivity index (χ4v) is 19.0. The van der Waals surface area contributed by atoms with Crippen LogP contribution in [0.25, 0.3) is 34.4 Å². The molecule has 0 bridgehead atoms. The molecule has 0 saturated heterocycles. The van der Waals surface area contributed by atoms with E-state index in [0.29, 0.717) is 68.0 Å². The maximum atomic E-state index is 17.5. The molecule has 18 rings (SSSR count). The van der Waals surface area contributed by atoms with Crippen LogP contribution in [0.5, 0.6) is 23.0 Å². The standard InChI is InChI=1S/C101H76F6N2O2/c1-9-63-21-37-75(38-22-63)110-77-41-25-65(26-42-77)100(87-47-29-67(102)51-95(87)106)83-17-13-11-15-79(83)81-45-33-69(53-89(81)100)108(73-31-19-61(3)93(104)57-73)71-35-49-85-91(55-71)99(59-97(85,5)6)60-98(7,8)86-50-36-72(56-92(86)99)109(74-32-20-62(4)94(105)58-74)70-34-46-82-80-16-12-14-18-84(80)101(90(82)54-70,88-48-30-68(103)52-96(88)107)66-27-43-78(44-28-66)111-76-39-23-64(10-2)24-40-76/h9-58H,1-2,59-60H2,3-8H3. The molecule has 10 heteroatoms. The van der Waals surface area contributed by atoms with Gasteiger partial charge in [0.1, 0.15) is 57.9 Å². The van der Waals surface area contributed by atoms with Gasteiger partial charge in [-0.15, -0.1) is 0 Å². The monoisotopic (exact) mass is 1460 g/mol. The molecule has 0 aliphatic heterocycles. The quantitative estimate of drug-likeness (QED) is 0.0900. The second-order valence-electron chi connectivity index (χ2n) is 31.3. The Hall–Kier alpha value is -12.7. The van der Waals surface area contributed by atoms with Crippen LogP contribution in [0.15, 0.2) is 304 Å². The fraction of sp³-hybridized carbons (Fsp3) is 0.129. The van der Waals surface area contributed by atoms with E-state index in [1.165, 1.54) is 12.1 Å². The van der Waals surface area contributed by atoms with E-state index in [-0.39, 0.29) is 22.0 Å². The average molecular weight is 1460 g/mol. The SMILES string of the molecule is C=Cc1ccc(Oc2ccc(C3(c4ccc(F)cc4F)c4ccccc4-c4ccc(N(c5ccc(C)c(F)c5)c5ccc6c(c5)C5(CC6(C)C)CC(C)(C)c6ccc(N(c7ccc(C)c(F)c7)c7ccc8c(c7)C(c7ccc(Oc9ccc(C=C)cc9)cc7)(c7ccc(F)cc7F)c7ccccc7-8)cc65)cc43)cc2)cc1. The molecule has 14 aromatic rings. The molecule has 2 atom stereocenters. The molecular formula is C101H76F6N2O2. The molecule has 544 valence electrons. The third-order valence-corrected chi connectivity index (χ3v) is 23.8. The van der Waals surface area contributed by atoms with E-state index in [1.54, 1.807) is 62.4 Å². The van der Waals surface area contributed by atoms with Crippen LogP contribution in [-0.2, 0) is 27.1 Å². The number of nitrogens with zero attached hydrogens (tertiary/aromatic N) is 2. The Balaban J connectivity index is 0.802. The van der Waals surface area contributed by atoms with E-state index >= 15 is 26.3 Å². The molecular weight excluding hydrogens is 1390 g/mol.